The number of nitrogens with one attached hydrogen (secondary N) is 2. The van der Waals surface area contributed by atoms with Crippen LogP contribution in [0, 0.1) is 11.7 Å². The first-order valence-electron chi connectivity index (χ1n) is 10.9. The van der Waals surface area contributed by atoms with Gasteiger partial charge in [-0.05, 0) is 64.5 Å². The van der Waals surface area contributed by atoms with Gasteiger partial charge in [0.15, 0.2) is 5.69 Å². The van der Waals surface area contributed by atoms with Crippen molar-refractivity contribution < 1.29 is 14.0 Å². The lowest BCUT2D eigenvalue weighted by molar-refractivity contribution is -0.126. The molecular weight excluding hydrogens is 383 g/mol. The molecule has 160 valence electrons. The molecule has 0 radical (unpaired) electrons. The number of carbonyl (C=O) groups is 2. The van der Waals surface area contributed by atoms with E-state index in [1.807, 2.05) is 13.8 Å². The van der Waals surface area contributed by atoms with Crippen LogP contribution in [-0.2, 0) is 17.6 Å². The summed E-state index contributed by atoms with van der Waals surface area (Å²) < 4.78 is 15.9. The van der Waals surface area contributed by atoms with Crippen molar-refractivity contribution in [3.8, 4) is 5.69 Å². The van der Waals surface area contributed by atoms with E-state index in [-0.39, 0.29) is 35.6 Å². The van der Waals surface area contributed by atoms with Crippen molar-refractivity contribution >= 4 is 11.8 Å². The van der Waals surface area contributed by atoms with Gasteiger partial charge in [0, 0.05) is 29.3 Å². The number of nitrogens with zero attached hydrogens (tertiary/aromatic N) is 2. The summed E-state index contributed by atoms with van der Waals surface area (Å²) in [5, 5.41) is 10.6. The molecular formula is C23H29FN4O2. The van der Waals surface area contributed by atoms with E-state index in [1.165, 1.54) is 6.07 Å². The Balaban J connectivity index is 1.51. The molecule has 2 aliphatic carbocycles. The highest BCUT2D eigenvalue weighted by atomic mass is 19.1. The highest BCUT2D eigenvalue weighted by Gasteiger charge is 2.32. The van der Waals surface area contributed by atoms with Gasteiger partial charge in [-0.25, -0.2) is 9.07 Å². The van der Waals surface area contributed by atoms with Crippen LogP contribution in [0.2, 0.25) is 0 Å². The Labute approximate surface area is 176 Å². The molecule has 30 heavy (non-hydrogen) atoms. The van der Waals surface area contributed by atoms with E-state index >= 15 is 0 Å². The quantitative estimate of drug-likeness (QED) is 0.791. The molecule has 7 heteroatoms. The summed E-state index contributed by atoms with van der Waals surface area (Å²) in [5.74, 6) is -0.590. The molecule has 0 spiro atoms. The fraction of sp³-hybridized carbons (Fsp3) is 0.522. The van der Waals surface area contributed by atoms with Gasteiger partial charge in [-0.3, -0.25) is 9.59 Å². The number of hydrogen-bond donors (Lipinski definition) is 2. The van der Waals surface area contributed by atoms with Crippen molar-refractivity contribution in [3.05, 3.63) is 47.0 Å². The van der Waals surface area contributed by atoms with Gasteiger partial charge in [-0.1, -0.05) is 18.6 Å². The lowest BCUT2D eigenvalue weighted by Crippen LogP contribution is -2.44. The average Bonchev–Trinajstić information content (AvgIpc) is 3.31. The van der Waals surface area contributed by atoms with Gasteiger partial charge in [0.05, 0.1) is 0 Å². The van der Waals surface area contributed by atoms with E-state index in [2.05, 4.69) is 15.7 Å². The number of hydrogen-bond acceptors (Lipinski definition) is 3. The van der Waals surface area contributed by atoms with E-state index in [9.17, 15) is 14.0 Å². The zero-order valence-electron chi connectivity index (χ0n) is 17.6. The Morgan fingerprint density at radius 1 is 1.17 bits per heavy atom. The molecule has 0 saturated heterocycles. The standard InChI is InChI=1S/C23H29FN4O2/c1-14(2)25-22(29)15-7-5-8-16(13-15)26-23(30)21-17-9-6-12-19(17)28(27-21)20-11-4-3-10-18(20)24/h3-4,10-11,14-16H,5-9,12-13H2,1-2H3,(H,25,29)(H,26,30). The maximum atomic E-state index is 14.3. The van der Waals surface area contributed by atoms with Gasteiger partial charge < -0.3 is 10.6 Å². The number of halogens is 1. The number of amides is 2. The second-order valence-electron chi connectivity index (χ2n) is 8.69. The zero-order chi connectivity index (χ0) is 21.3. The van der Waals surface area contributed by atoms with E-state index in [0.717, 1.165) is 49.8 Å². The van der Waals surface area contributed by atoms with Crippen LogP contribution in [0.25, 0.3) is 5.69 Å². The van der Waals surface area contributed by atoms with Gasteiger partial charge in [0.2, 0.25) is 5.91 Å². The van der Waals surface area contributed by atoms with Gasteiger partial charge in [-0.15, -0.1) is 0 Å². The molecule has 1 aromatic heterocycles. The number of rotatable bonds is 5. The molecule has 2 unspecified atom stereocenters. The van der Waals surface area contributed by atoms with Crippen molar-refractivity contribution in [2.75, 3.05) is 0 Å². The molecule has 4 rings (SSSR count). The Kier molecular flexibility index (Phi) is 5.88. The summed E-state index contributed by atoms with van der Waals surface area (Å²) in [6.45, 7) is 3.90. The smallest absolute Gasteiger partial charge is 0.272 e. The summed E-state index contributed by atoms with van der Waals surface area (Å²) in [6.07, 6.45) is 5.74. The summed E-state index contributed by atoms with van der Waals surface area (Å²) in [6, 6.07) is 6.56. The van der Waals surface area contributed by atoms with Crippen LogP contribution in [0.4, 0.5) is 4.39 Å². The fourth-order valence-electron chi connectivity index (χ4n) is 4.66. The van der Waals surface area contributed by atoms with Crippen LogP contribution in [0.5, 0.6) is 0 Å². The van der Waals surface area contributed by atoms with Crippen LogP contribution in [0.15, 0.2) is 24.3 Å². The van der Waals surface area contributed by atoms with Gasteiger partial charge in [-0.2, -0.15) is 5.10 Å². The molecule has 1 aromatic carbocycles. The first-order chi connectivity index (χ1) is 14.4. The highest BCUT2D eigenvalue weighted by molar-refractivity contribution is 5.94. The number of para-hydroxylation sites is 1. The Morgan fingerprint density at radius 3 is 2.73 bits per heavy atom. The molecule has 2 aliphatic rings. The van der Waals surface area contributed by atoms with Crippen LogP contribution in [0.1, 0.15) is 67.7 Å². The number of benzene rings is 1. The molecule has 1 fully saturated rings. The van der Waals surface area contributed by atoms with Crippen LogP contribution in [-0.4, -0.2) is 33.7 Å². The summed E-state index contributed by atoms with van der Waals surface area (Å²) in [7, 11) is 0. The van der Waals surface area contributed by atoms with Crippen molar-refractivity contribution in [3.63, 3.8) is 0 Å². The maximum Gasteiger partial charge on any atom is 0.272 e. The summed E-state index contributed by atoms with van der Waals surface area (Å²) >= 11 is 0. The van der Waals surface area contributed by atoms with Crippen LogP contribution >= 0.6 is 0 Å². The molecule has 0 bridgehead atoms. The van der Waals surface area contributed by atoms with Crippen molar-refractivity contribution in [2.24, 2.45) is 5.92 Å². The number of carbonyl (C=O) groups excluding carboxylic acids is 2. The van der Waals surface area contributed by atoms with Crippen LogP contribution in [0.3, 0.4) is 0 Å². The zero-order valence-corrected chi connectivity index (χ0v) is 17.6. The predicted octanol–water partition coefficient (Wildman–Crippen LogP) is 3.31. The van der Waals surface area contributed by atoms with E-state index in [4.69, 9.17) is 0 Å². The normalized spacial score (nSPS) is 20.8. The van der Waals surface area contributed by atoms with Crippen molar-refractivity contribution in [1.29, 1.82) is 0 Å². The van der Waals surface area contributed by atoms with E-state index in [1.54, 1.807) is 22.9 Å². The largest absolute Gasteiger partial charge is 0.354 e. The summed E-state index contributed by atoms with van der Waals surface area (Å²) in [5.41, 5.74) is 2.60. The number of fused-ring (bicyclic) bond motifs is 1. The average molecular weight is 413 g/mol. The molecule has 2 amide bonds. The number of aromatic nitrogens is 2. The predicted molar refractivity (Wildman–Crippen MR) is 112 cm³/mol. The maximum absolute atomic E-state index is 14.3. The van der Waals surface area contributed by atoms with Gasteiger partial charge >= 0.3 is 0 Å². The van der Waals surface area contributed by atoms with E-state index in [0.29, 0.717) is 17.8 Å². The highest BCUT2D eigenvalue weighted by Crippen LogP contribution is 2.30. The first kappa shape index (κ1) is 20.6. The molecule has 6 nitrogen and oxygen atoms in total. The second kappa shape index (κ2) is 8.58. The minimum Gasteiger partial charge on any atom is -0.354 e. The molecule has 2 N–H and O–H groups in total. The SMILES string of the molecule is CC(C)NC(=O)C1CCCC(NC(=O)c2nn(-c3ccccc3F)c3c2CCC3)C1. The van der Waals surface area contributed by atoms with Crippen LogP contribution < -0.4 is 10.6 Å². The third-order valence-electron chi connectivity index (χ3n) is 6.04. The third kappa shape index (κ3) is 4.11. The molecule has 1 heterocycles. The Hall–Kier alpha value is -2.70. The van der Waals surface area contributed by atoms with Gasteiger partial charge in [0.25, 0.3) is 5.91 Å². The minimum absolute atomic E-state index is 0.0511. The molecule has 2 aromatic rings. The van der Waals surface area contributed by atoms with E-state index < -0.39 is 0 Å². The Bertz CT molecular complexity index is 953. The Morgan fingerprint density at radius 2 is 1.97 bits per heavy atom. The fourth-order valence-corrected chi connectivity index (χ4v) is 4.66. The lowest BCUT2D eigenvalue weighted by atomic mass is 9.85. The molecule has 2 atom stereocenters. The minimum atomic E-state index is -0.354. The third-order valence-corrected chi connectivity index (χ3v) is 6.04. The summed E-state index contributed by atoms with van der Waals surface area (Å²) in [4.78, 5) is 25.5. The topological polar surface area (TPSA) is 76.0 Å². The van der Waals surface area contributed by atoms with Crippen molar-refractivity contribution in [2.45, 2.75) is 70.9 Å². The monoisotopic (exact) mass is 412 g/mol. The molecule has 1 saturated carbocycles. The second-order valence-corrected chi connectivity index (χ2v) is 8.69. The van der Waals surface area contributed by atoms with Gasteiger partial charge in [0.1, 0.15) is 11.5 Å². The first-order valence-corrected chi connectivity index (χ1v) is 10.9. The lowest BCUT2D eigenvalue weighted by Gasteiger charge is -2.29. The molecule has 0 aliphatic heterocycles. The van der Waals surface area contributed by atoms with Crippen molar-refractivity contribution in [1.82, 2.24) is 20.4 Å².